The number of rotatable bonds is 4. The van der Waals surface area contributed by atoms with E-state index in [-0.39, 0.29) is 12.5 Å². The third-order valence-electron chi connectivity index (χ3n) is 2.35. The maximum atomic E-state index is 10.9. The van der Waals surface area contributed by atoms with Crippen LogP contribution in [0.2, 0.25) is 5.15 Å². The highest BCUT2D eigenvalue weighted by Gasteiger charge is 2.15. The van der Waals surface area contributed by atoms with E-state index in [2.05, 4.69) is 9.97 Å². The van der Waals surface area contributed by atoms with E-state index in [4.69, 9.17) is 17.3 Å². The van der Waals surface area contributed by atoms with Gasteiger partial charge >= 0.3 is 0 Å². The Bertz CT molecular complexity index is 434. The Labute approximate surface area is 106 Å². The normalized spacial score (nSPS) is 10.7. The van der Waals surface area contributed by atoms with Gasteiger partial charge in [0.05, 0.1) is 6.54 Å². The van der Waals surface area contributed by atoms with Gasteiger partial charge in [-0.25, -0.2) is 9.97 Å². The van der Waals surface area contributed by atoms with Crippen LogP contribution in [0.1, 0.15) is 31.2 Å². The summed E-state index contributed by atoms with van der Waals surface area (Å²) in [5, 5.41) is 0.412. The molecule has 0 saturated heterocycles. The zero-order valence-electron chi connectivity index (χ0n) is 10.5. The highest BCUT2D eigenvalue weighted by Crippen LogP contribution is 2.24. The summed E-state index contributed by atoms with van der Waals surface area (Å²) in [6.45, 7) is 5.89. The molecule has 0 radical (unpaired) electrons. The summed E-state index contributed by atoms with van der Waals surface area (Å²) in [6.07, 6.45) is 0. The zero-order chi connectivity index (χ0) is 13.2. The molecule has 0 aliphatic rings. The average molecular weight is 257 g/mol. The Kier molecular flexibility index (Phi) is 4.28. The molecular weight excluding hydrogens is 240 g/mol. The van der Waals surface area contributed by atoms with Crippen LogP contribution >= 0.6 is 11.6 Å². The van der Waals surface area contributed by atoms with Crippen molar-refractivity contribution in [2.24, 2.45) is 5.73 Å². The van der Waals surface area contributed by atoms with Gasteiger partial charge in [-0.15, -0.1) is 0 Å². The summed E-state index contributed by atoms with van der Waals surface area (Å²) in [4.78, 5) is 21.2. The summed E-state index contributed by atoms with van der Waals surface area (Å²) in [6, 6.07) is 0. The van der Waals surface area contributed by atoms with Gasteiger partial charge in [0.1, 0.15) is 16.8 Å². The molecule has 0 aliphatic heterocycles. The van der Waals surface area contributed by atoms with E-state index < -0.39 is 5.91 Å². The second-order valence-corrected chi connectivity index (χ2v) is 4.66. The van der Waals surface area contributed by atoms with E-state index in [1.165, 1.54) is 0 Å². The number of hydrogen-bond acceptors (Lipinski definition) is 4. The van der Waals surface area contributed by atoms with Crippen molar-refractivity contribution in [1.29, 1.82) is 0 Å². The lowest BCUT2D eigenvalue weighted by molar-refractivity contribution is -0.116. The van der Waals surface area contributed by atoms with E-state index in [0.717, 1.165) is 5.56 Å². The molecule has 1 aromatic heterocycles. The highest BCUT2D eigenvalue weighted by atomic mass is 35.5. The minimum absolute atomic E-state index is 0.103. The van der Waals surface area contributed by atoms with Crippen molar-refractivity contribution in [3.8, 4) is 0 Å². The fraction of sp³-hybridized carbons (Fsp3) is 0.545. The summed E-state index contributed by atoms with van der Waals surface area (Å²) >= 11 is 6.05. The van der Waals surface area contributed by atoms with Gasteiger partial charge in [-0.3, -0.25) is 4.79 Å². The number of nitrogens with two attached hydrogens (primary N) is 1. The SMILES string of the molecule is Cc1c(Cl)nc(C(C)C)nc1N(C)CC(N)=O. The van der Waals surface area contributed by atoms with Crippen molar-refractivity contribution in [3.63, 3.8) is 0 Å². The minimum atomic E-state index is -0.410. The summed E-state index contributed by atoms with van der Waals surface area (Å²) < 4.78 is 0. The lowest BCUT2D eigenvalue weighted by atomic mass is 10.2. The molecule has 1 heterocycles. The lowest BCUT2D eigenvalue weighted by Gasteiger charge is -2.20. The molecule has 1 amide bonds. The number of nitrogens with zero attached hydrogens (tertiary/aromatic N) is 3. The fourth-order valence-corrected chi connectivity index (χ4v) is 1.60. The van der Waals surface area contributed by atoms with Gasteiger partial charge in [0.2, 0.25) is 5.91 Å². The number of likely N-dealkylation sites (N-methyl/N-ethyl adjacent to an activating group) is 1. The quantitative estimate of drug-likeness (QED) is 0.829. The van der Waals surface area contributed by atoms with Gasteiger partial charge in [-0.05, 0) is 6.92 Å². The van der Waals surface area contributed by atoms with E-state index in [9.17, 15) is 4.79 Å². The Morgan fingerprint density at radius 3 is 2.53 bits per heavy atom. The van der Waals surface area contributed by atoms with Crippen molar-refractivity contribution in [1.82, 2.24) is 9.97 Å². The van der Waals surface area contributed by atoms with Crippen LogP contribution in [-0.4, -0.2) is 29.5 Å². The monoisotopic (exact) mass is 256 g/mol. The molecular formula is C11H17ClN4O. The van der Waals surface area contributed by atoms with E-state index in [1.54, 1.807) is 11.9 Å². The standard InChI is InChI=1S/C11H17ClN4O/c1-6(2)10-14-9(12)7(3)11(15-10)16(4)5-8(13)17/h6H,5H2,1-4H3,(H2,13,17). The molecule has 0 spiro atoms. The summed E-state index contributed by atoms with van der Waals surface area (Å²) in [5.41, 5.74) is 5.91. The predicted molar refractivity (Wildman–Crippen MR) is 68.3 cm³/mol. The summed E-state index contributed by atoms with van der Waals surface area (Å²) in [5.74, 6) is 1.07. The molecule has 94 valence electrons. The Morgan fingerprint density at radius 2 is 2.06 bits per heavy atom. The van der Waals surface area contributed by atoms with Crippen LogP contribution in [0.3, 0.4) is 0 Å². The number of hydrogen-bond donors (Lipinski definition) is 1. The first-order chi connectivity index (χ1) is 7.82. The molecule has 0 atom stereocenters. The molecule has 0 aliphatic carbocycles. The van der Waals surface area contributed by atoms with Gasteiger partial charge in [-0.1, -0.05) is 25.4 Å². The molecule has 6 heteroatoms. The molecule has 5 nitrogen and oxygen atoms in total. The number of halogens is 1. The van der Waals surface area contributed by atoms with Crippen molar-refractivity contribution in [2.45, 2.75) is 26.7 Å². The fourth-order valence-electron chi connectivity index (χ4n) is 1.43. The molecule has 0 fully saturated rings. The highest BCUT2D eigenvalue weighted by molar-refractivity contribution is 6.30. The van der Waals surface area contributed by atoms with E-state index in [0.29, 0.717) is 16.8 Å². The van der Waals surface area contributed by atoms with Gasteiger partial charge in [0.15, 0.2) is 0 Å². The zero-order valence-corrected chi connectivity index (χ0v) is 11.2. The Hall–Kier alpha value is -1.36. The third kappa shape index (κ3) is 3.30. The third-order valence-corrected chi connectivity index (χ3v) is 2.72. The molecule has 1 aromatic rings. The van der Waals surface area contributed by atoms with Crippen molar-refractivity contribution in [3.05, 3.63) is 16.5 Å². The smallest absolute Gasteiger partial charge is 0.236 e. The average Bonchev–Trinajstić information content (AvgIpc) is 2.20. The van der Waals surface area contributed by atoms with Gasteiger partial charge in [-0.2, -0.15) is 0 Å². The van der Waals surface area contributed by atoms with Gasteiger partial charge in [0, 0.05) is 18.5 Å². The van der Waals surface area contributed by atoms with Crippen LogP contribution in [0.4, 0.5) is 5.82 Å². The second-order valence-electron chi connectivity index (χ2n) is 4.30. The van der Waals surface area contributed by atoms with E-state index >= 15 is 0 Å². The topological polar surface area (TPSA) is 72.1 Å². The van der Waals surface area contributed by atoms with Crippen LogP contribution in [0.15, 0.2) is 0 Å². The van der Waals surface area contributed by atoms with Crippen molar-refractivity contribution >= 4 is 23.3 Å². The number of amides is 1. The predicted octanol–water partition coefficient (Wildman–Crippen LogP) is 1.48. The first-order valence-corrected chi connectivity index (χ1v) is 5.74. The number of primary amides is 1. The molecule has 0 unspecified atom stereocenters. The molecule has 17 heavy (non-hydrogen) atoms. The molecule has 2 N–H and O–H groups in total. The molecule has 0 aromatic carbocycles. The van der Waals surface area contributed by atoms with Crippen molar-refractivity contribution < 1.29 is 4.79 Å². The number of aromatic nitrogens is 2. The van der Waals surface area contributed by atoms with Gasteiger partial charge < -0.3 is 10.6 Å². The van der Waals surface area contributed by atoms with E-state index in [1.807, 2.05) is 20.8 Å². The Balaban J connectivity index is 3.17. The van der Waals surface area contributed by atoms with Crippen LogP contribution in [0.5, 0.6) is 0 Å². The van der Waals surface area contributed by atoms with Crippen LogP contribution < -0.4 is 10.6 Å². The summed E-state index contributed by atoms with van der Waals surface area (Å²) in [7, 11) is 1.75. The van der Waals surface area contributed by atoms with Gasteiger partial charge in [0.25, 0.3) is 0 Å². The first-order valence-electron chi connectivity index (χ1n) is 5.36. The van der Waals surface area contributed by atoms with Crippen LogP contribution in [0, 0.1) is 6.92 Å². The van der Waals surface area contributed by atoms with Crippen molar-refractivity contribution in [2.75, 3.05) is 18.5 Å². The lowest BCUT2D eigenvalue weighted by Crippen LogP contribution is -2.32. The van der Waals surface area contributed by atoms with Crippen LogP contribution in [0.25, 0.3) is 0 Å². The molecule has 0 saturated carbocycles. The molecule has 0 bridgehead atoms. The number of carbonyl (C=O) groups is 1. The largest absolute Gasteiger partial charge is 0.368 e. The van der Waals surface area contributed by atoms with Crippen LogP contribution in [-0.2, 0) is 4.79 Å². The first kappa shape index (κ1) is 13.7. The maximum absolute atomic E-state index is 10.9. The number of anilines is 1. The minimum Gasteiger partial charge on any atom is -0.368 e. The molecule has 1 rings (SSSR count). The maximum Gasteiger partial charge on any atom is 0.236 e. The second kappa shape index (κ2) is 5.31. The Morgan fingerprint density at radius 1 is 1.47 bits per heavy atom. The number of carbonyl (C=O) groups excluding carboxylic acids is 1.